The number of aryl methyl sites for hydroxylation is 2. The zero-order chi connectivity index (χ0) is 25.4. The Labute approximate surface area is 215 Å². The van der Waals surface area contributed by atoms with E-state index in [1.54, 1.807) is 30.3 Å². The summed E-state index contributed by atoms with van der Waals surface area (Å²) < 4.78 is 11.9. The van der Waals surface area contributed by atoms with Gasteiger partial charge in [0, 0.05) is 11.4 Å². The molecule has 1 amide bonds. The predicted molar refractivity (Wildman–Crippen MR) is 136 cm³/mol. The van der Waals surface area contributed by atoms with Gasteiger partial charge in [0.15, 0.2) is 16.7 Å². The molecule has 0 spiro atoms. The topological polar surface area (TPSA) is 123 Å². The summed E-state index contributed by atoms with van der Waals surface area (Å²) in [6.07, 6.45) is 1.49. The number of hydrazone groups is 1. The van der Waals surface area contributed by atoms with Crippen molar-refractivity contribution in [1.29, 1.82) is 0 Å². The number of aromatic nitrogens is 2. The Kier molecular flexibility index (Phi) is 9.21. The zero-order valence-corrected chi connectivity index (χ0v) is 21.6. The van der Waals surface area contributed by atoms with Crippen LogP contribution in [0, 0.1) is 13.8 Å². The summed E-state index contributed by atoms with van der Waals surface area (Å²) in [7, 11) is 1.51. The number of hydrogen-bond donors (Lipinski definition) is 2. The van der Waals surface area contributed by atoms with Crippen LogP contribution in [0.5, 0.6) is 11.5 Å². The first-order valence-electron chi connectivity index (χ1n) is 10.3. The number of carbonyl (C=O) groups excluding carboxylic acids is 1. The van der Waals surface area contributed by atoms with E-state index in [4.69, 9.17) is 14.6 Å². The molecule has 0 atom stereocenters. The summed E-state index contributed by atoms with van der Waals surface area (Å²) in [6.45, 7) is 3.91. The minimum atomic E-state index is -1.00. The lowest BCUT2D eigenvalue weighted by molar-refractivity contribution is -0.118. The van der Waals surface area contributed by atoms with Crippen molar-refractivity contribution in [2.75, 3.05) is 12.9 Å². The van der Waals surface area contributed by atoms with Crippen LogP contribution in [0.4, 0.5) is 0 Å². The Morgan fingerprint density at radius 2 is 1.91 bits per heavy atom. The molecule has 1 aromatic heterocycles. The summed E-state index contributed by atoms with van der Waals surface area (Å²) in [5.41, 5.74) is 5.73. The molecule has 0 aliphatic heterocycles. The van der Waals surface area contributed by atoms with Crippen molar-refractivity contribution in [1.82, 2.24) is 15.4 Å². The number of hydrogen-bond acceptors (Lipinski definition) is 8. The molecule has 9 nitrogen and oxygen atoms in total. The van der Waals surface area contributed by atoms with Gasteiger partial charge in [-0.3, -0.25) is 4.79 Å². The van der Waals surface area contributed by atoms with E-state index in [0.29, 0.717) is 32.3 Å². The highest BCUT2D eigenvalue weighted by atomic mass is 79.9. The van der Waals surface area contributed by atoms with Gasteiger partial charge >= 0.3 is 5.97 Å². The molecule has 0 fully saturated rings. The number of halogens is 1. The van der Waals surface area contributed by atoms with E-state index in [0.717, 1.165) is 11.4 Å². The number of nitrogens with zero attached hydrogens (tertiary/aromatic N) is 3. The Balaban J connectivity index is 1.60. The lowest BCUT2D eigenvalue weighted by Crippen LogP contribution is -2.19. The number of carboxylic acid groups (broad SMARTS) is 1. The van der Waals surface area contributed by atoms with E-state index < -0.39 is 5.97 Å². The number of carboxylic acids is 1. The molecule has 0 unspecified atom stereocenters. The van der Waals surface area contributed by atoms with Gasteiger partial charge in [-0.05, 0) is 71.2 Å². The molecule has 0 aliphatic rings. The Hall–Kier alpha value is -3.44. The average molecular weight is 559 g/mol. The zero-order valence-electron chi connectivity index (χ0n) is 19.2. The summed E-state index contributed by atoms with van der Waals surface area (Å²) in [6, 6.07) is 11.9. The van der Waals surface area contributed by atoms with Crippen LogP contribution in [0.3, 0.4) is 0 Å². The van der Waals surface area contributed by atoms with E-state index in [1.165, 1.54) is 31.2 Å². The highest BCUT2D eigenvalue weighted by molar-refractivity contribution is 9.10. The second-order valence-corrected chi connectivity index (χ2v) is 9.14. The van der Waals surface area contributed by atoms with Crippen molar-refractivity contribution in [2.45, 2.75) is 25.6 Å². The van der Waals surface area contributed by atoms with Crippen molar-refractivity contribution in [3.63, 3.8) is 0 Å². The van der Waals surface area contributed by atoms with Gasteiger partial charge in [-0.2, -0.15) is 5.10 Å². The predicted octanol–water partition coefficient (Wildman–Crippen LogP) is 4.38. The highest BCUT2D eigenvalue weighted by Gasteiger charge is 2.13. The number of aromatic carboxylic acids is 1. The SMILES string of the molecule is COc1cc(/C=N\NC(=O)CSc2nc(C)cc(C)n2)cc(Br)c1OCc1cccc(C(=O)O)c1. The molecule has 3 aromatic rings. The summed E-state index contributed by atoms with van der Waals surface area (Å²) in [5, 5.41) is 13.7. The van der Waals surface area contributed by atoms with Crippen LogP contribution in [-0.4, -0.2) is 46.0 Å². The van der Waals surface area contributed by atoms with Crippen molar-refractivity contribution in [2.24, 2.45) is 5.10 Å². The van der Waals surface area contributed by atoms with Crippen LogP contribution in [0.2, 0.25) is 0 Å². The highest BCUT2D eigenvalue weighted by Crippen LogP contribution is 2.37. The first kappa shape index (κ1) is 26.2. The van der Waals surface area contributed by atoms with Gasteiger partial charge in [0.25, 0.3) is 5.91 Å². The van der Waals surface area contributed by atoms with Gasteiger partial charge < -0.3 is 14.6 Å². The Morgan fingerprint density at radius 1 is 1.17 bits per heavy atom. The molecule has 11 heteroatoms. The lowest BCUT2D eigenvalue weighted by atomic mass is 10.1. The molecule has 0 bridgehead atoms. The average Bonchev–Trinajstić information content (AvgIpc) is 2.81. The van der Waals surface area contributed by atoms with E-state index >= 15 is 0 Å². The van der Waals surface area contributed by atoms with Gasteiger partial charge in [0.05, 0.1) is 29.1 Å². The minimum Gasteiger partial charge on any atom is -0.493 e. The molecule has 0 radical (unpaired) electrons. The third-order valence-corrected chi connectivity index (χ3v) is 5.94. The molecular formula is C24H23BrN4O5S. The van der Waals surface area contributed by atoms with Gasteiger partial charge in [-0.25, -0.2) is 20.2 Å². The fraction of sp³-hybridized carbons (Fsp3) is 0.208. The quantitative estimate of drug-likeness (QED) is 0.162. The number of carbonyl (C=O) groups is 2. The maximum atomic E-state index is 12.1. The lowest BCUT2D eigenvalue weighted by Gasteiger charge is -2.14. The van der Waals surface area contributed by atoms with Crippen LogP contribution in [-0.2, 0) is 11.4 Å². The number of nitrogens with one attached hydrogen (secondary N) is 1. The van der Waals surface area contributed by atoms with E-state index in [-0.39, 0.29) is 23.8 Å². The second kappa shape index (κ2) is 12.3. The van der Waals surface area contributed by atoms with E-state index in [9.17, 15) is 9.59 Å². The number of thioether (sulfide) groups is 1. The number of rotatable bonds is 10. The van der Waals surface area contributed by atoms with Crippen LogP contribution < -0.4 is 14.9 Å². The van der Waals surface area contributed by atoms with Crippen LogP contribution >= 0.6 is 27.7 Å². The number of ether oxygens (including phenoxy) is 2. The molecule has 182 valence electrons. The Bertz CT molecular complexity index is 1250. The normalized spacial score (nSPS) is 10.9. The largest absolute Gasteiger partial charge is 0.493 e. The maximum Gasteiger partial charge on any atom is 0.335 e. The van der Waals surface area contributed by atoms with E-state index in [1.807, 2.05) is 19.9 Å². The molecule has 3 rings (SSSR count). The molecular weight excluding hydrogens is 536 g/mol. The first-order chi connectivity index (χ1) is 16.7. The molecule has 2 aromatic carbocycles. The monoisotopic (exact) mass is 558 g/mol. The molecule has 0 aliphatic carbocycles. The van der Waals surface area contributed by atoms with Crippen molar-refractivity contribution >= 4 is 45.8 Å². The molecule has 35 heavy (non-hydrogen) atoms. The van der Waals surface area contributed by atoms with Crippen molar-refractivity contribution in [3.05, 3.63) is 75.0 Å². The van der Waals surface area contributed by atoms with Gasteiger partial charge in [-0.15, -0.1) is 0 Å². The number of methoxy groups -OCH3 is 1. The van der Waals surface area contributed by atoms with Crippen LogP contribution in [0.1, 0.15) is 32.9 Å². The number of benzene rings is 2. The third-order valence-electron chi connectivity index (χ3n) is 4.51. The molecule has 2 N–H and O–H groups in total. The summed E-state index contributed by atoms with van der Waals surface area (Å²) in [5.74, 6) is -0.256. The molecule has 0 saturated heterocycles. The van der Waals surface area contributed by atoms with E-state index in [2.05, 4.69) is 36.4 Å². The summed E-state index contributed by atoms with van der Waals surface area (Å²) in [4.78, 5) is 31.9. The van der Waals surface area contributed by atoms with Crippen molar-refractivity contribution in [3.8, 4) is 11.5 Å². The van der Waals surface area contributed by atoms with Crippen LogP contribution in [0.15, 0.2) is 57.2 Å². The van der Waals surface area contributed by atoms with Gasteiger partial charge in [0.1, 0.15) is 6.61 Å². The van der Waals surface area contributed by atoms with Crippen LogP contribution in [0.25, 0.3) is 0 Å². The molecule has 0 saturated carbocycles. The molecule has 1 heterocycles. The maximum absolute atomic E-state index is 12.1. The summed E-state index contributed by atoms with van der Waals surface area (Å²) >= 11 is 4.70. The van der Waals surface area contributed by atoms with Gasteiger partial charge in [-0.1, -0.05) is 23.9 Å². The Morgan fingerprint density at radius 3 is 2.60 bits per heavy atom. The smallest absolute Gasteiger partial charge is 0.335 e. The van der Waals surface area contributed by atoms with Crippen molar-refractivity contribution < 1.29 is 24.2 Å². The fourth-order valence-electron chi connectivity index (χ4n) is 3.00. The van der Waals surface area contributed by atoms with Gasteiger partial charge in [0.2, 0.25) is 0 Å². The first-order valence-corrected chi connectivity index (χ1v) is 12.1. The number of amides is 1. The third kappa shape index (κ3) is 7.79. The fourth-order valence-corrected chi connectivity index (χ4v) is 4.32. The standard InChI is InChI=1S/C24H23BrN4O5S/c1-14-7-15(2)28-24(27-14)35-13-21(30)29-26-11-17-9-19(25)22(20(10-17)33-3)34-12-16-5-4-6-18(8-16)23(31)32/h4-11H,12-13H2,1-3H3,(H,29,30)(H,31,32)/b26-11-. The second-order valence-electron chi connectivity index (χ2n) is 7.34. The minimum absolute atomic E-state index is 0.128.